The standard InChI is InChI=1S/C30H37N7O6S/c1-18(2)25-29-34-22(17-44-29)27(40)32-20(13-19-7-5-4-6-8-19)28-33-21(15-43-28)26(39)31-9-10-37(14-24(38)35-25)30(41)23-16-42-12-11-36(23)3/h4-8,15,17-18,20,23,25H,9-14,16H2,1-3H3,(H,31,39)(H,32,40)(H,35,38)/t20-,23+,25-/m0/s1. The van der Waals surface area contributed by atoms with Crippen molar-refractivity contribution in [2.45, 2.75) is 38.4 Å². The van der Waals surface area contributed by atoms with Crippen molar-refractivity contribution in [3.8, 4) is 0 Å². The summed E-state index contributed by atoms with van der Waals surface area (Å²) in [5.41, 5.74) is 1.15. The third-order valence-electron chi connectivity index (χ3n) is 7.64. The first kappa shape index (κ1) is 31.3. The maximum atomic E-state index is 13.6. The molecule has 3 atom stereocenters. The Kier molecular flexibility index (Phi) is 10.0. The van der Waals surface area contributed by atoms with Gasteiger partial charge in [0, 0.05) is 31.4 Å². The van der Waals surface area contributed by atoms with Gasteiger partial charge in [-0.05, 0) is 18.5 Å². The van der Waals surface area contributed by atoms with Crippen LogP contribution in [0.4, 0.5) is 0 Å². The molecule has 0 radical (unpaired) electrons. The number of hydrogen-bond acceptors (Lipinski definition) is 10. The summed E-state index contributed by atoms with van der Waals surface area (Å²) in [5, 5.41) is 10.9. The Hall–Kier alpha value is -4.14. The lowest BCUT2D eigenvalue weighted by molar-refractivity contribution is -0.145. The molecule has 1 aromatic carbocycles. The summed E-state index contributed by atoms with van der Waals surface area (Å²) in [6.07, 6.45) is 1.61. The van der Waals surface area contributed by atoms with Crippen molar-refractivity contribution >= 4 is 35.0 Å². The van der Waals surface area contributed by atoms with Crippen molar-refractivity contribution in [3.63, 3.8) is 0 Å². The number of likely N-dealkylation sites (N-methyl/N-ethyl adjacent to an activating group) is 1. The zero-order valence-corrected chi connectivity index (χ0v) is 25.8. The number of carbonyl (C=O) groups is 4. The van der Waals surface area contributed by atoms with Crippen LogP contribution < -0.4 is 16.0 Å². The first-order valence-corrected chi connectivity index (χ1v) is 15.5. The van der Waals surface area contributed by atoms with Gasteiger partial charge in [0.1, 0.15) is 29.0 Å². The van der Waals surface area contributed by atoms with Gasteiger partial charge in [-0.3, -0.25) is 24.1 Å². The van der Waals surface area contributed by atoms with Crippen molar-refractivity contribution in [2.75, 3.05) is 46.4 Å². The van der Waals surface area contributed by atoms with Crippen LogP contribution in [0.5, 0.6) is 0 Å². The van der Waals surface area contributed by atoms with Crippen molar-refractivity contribution < 1.29 is 28.3 Å². The number of carbonyl (C=O) groups excluding carboxylic acids is 4. The van der Waals surface area contributed by atoms with E-state index >= 15 is 0 Å². The van der Waals surface area contributed by atoms with E-state index in [1.807, 2.05) is 56.1 Å². The van der Waals surface area contributed by atoms with Crippen LogP contribution in [0.2, 0.25) is 0 Å². The van der Waals surface area contributed by atoms with E-state index in [9.17, 15) is 19.2 Å². The molecule has 44 heavy (non-hydrogen) atoms. The lowest BCUT2D eigenvalue weighted by atomic mass is 10.0. The number of fused-ring (bicyclic) bond motifs is 4. The Balaban J connectivity index is 1.45. The summed E-state index contributed by atoms with van der Waals surface area (Å²) in [5.74, 6) is -1.48. The van der Waals surface area contributed by atoms with E-state index in [0.717, 1.165) is 5.56 Å². The lowest BCUT2D eigenvalue weighted by Crippen LogP contribution is -2.56. The number of hydrogen-bond donors (Lipinski definition) is 3. The van der Waals surface area contributed by atoms with Gasteiger partial charge >= 0.3 is 0 Å². The average molecular weight is 624 g/mol. The first-order valence-electron chi connectivity index (χ1n) is 14.6. The molecule has 1 saturated heterocycles. The van der Waals surface area contributed by atoms with Crippen LogP contribution in [0.25, 0.3) is 0 Å². The number of rotatable bonds is 4. The number of aromatic nitrogens is 2. The van der Waals surface area contributed by atoms with E-state index < -0.39 is 29.9 Å². The van der Waals surface area contributed by atoms with Gasteiger partial charge in [0.25, 0.3) is 11.8 Å². The third-order valence-corrected chi connectivity index (χ3v) is 8.57. The molecular formula is C30H37N7O6S. The molecule has 4 bridgehead atoms. The van der Waals surface area contributed by atoms with E-state index in [-0.39, 0.29) is 61.3 Å². The van der Waals surface area contributed by atoms with E-state index in [1.165, 1.54) is 22.5 Å². The van der Waals surface area contributed by atoms with Gasteiger partial charge < -0.3 is 30.0 Å². The molecule has 3 aromatic rings. The number of ether oxygens (including phenoxy) is 1. The Morgan fingerprint density at radius 3 is 2.61 bits per heavy atom. The SMILES string of the molecule is CC(C)[C@@H]1NC(=O)CN(C(=O)[C@H]2COCCN2C)CCNC(=O)c2coc(n2)[C@H](Cc2ccccc2)NC(=O)c2csc1n2. The van der Waals surface area contributed by atoms with Gasteiger partial charge in [0.05, 0.1) is 25.8 Å². The molecule has 4 amide bonds. The summed E-state index contributed by atoms with van der Waals surface area (Å²) in [6.45, 7) is 5.15. The van der Waals surface area contributed by atoms with Crippen molar-refractivity contribution in [1.29, 1.82) is 0 Å². The van der Waals surface area contributed by atoms with E-state index in [2.05, 4.69) is 25.9 Å². The third kappa shape index (κ3) is 7.49. The highest BCUT2D eigenvalue weighted by molar-refractivity contribution is 7.09. The largest absolute Gasteiger partial charge is 0.446 e. The molecule has 3 N–H and O–H groups in total. The zero-order chi connectivity index (χ0) is 31.2. The normalized spacial score (nSPS) is 22.5. The predicted molar refractivity (Wildman–Crippen MR) is 161 cm³/mol. The lowest BCUT2D eigenvalue weighted by Gasteiger charge is -2.35. The predicted octanol–water partition coefficient (Wildman–Crippen LogP) is 1.56. The highest BCUT2D eigenvalue weighted by Crippen LogP contribution is 2.26. The van der Waals surface area contributed by atoms with Crippen molar-refractivity contribution in [3.05, 3.63) is 69.8 Å². The van der Waals surface area contributed by atoms with Gasteiger partial charge in [-0.1, -0.05) is 44.2 Å². The second kappa shape index (κ2) is 14.1. The van der Waals surface area contributed by atoms with Gasteiger partial charge in [-0.15, -0.1) is 11.3 Å². The highest BCUT2D eigenvalue weighted by Gasteiger charge is 2.33. The molecule has 5 rings (SSSR count). The molecular weight excluding hydrogens is 586 g/mol. The number of amides is 4. The number of morpholine rings is 1. The molecule has 0 saturated carbocycles. The van der Waals surface area contributed by atoms with Gasteiger partial charge in [0.15, 0.2) is 5.69 Å². The fraction of sp³-hybridized carbons (Fsp3) is 0.467. The number of nitrogens with one attached hydrogen (secondary N) is 3. The molecule has 13 nitrogen and oxygen atoms in total. The fourth-order valence-electron chi connectivity index (χ4n) is 5.09. The van der Waals surface area contributed by atoms with E-state index in [1.54, 1.807) is 5.38 Å². The molecule has 2 aliphatic heterocycles. The smallest absolute Gasteiger partial charge is 0.273 e. The number of nitrogens with zero attached hydrogens (tertiary/aromatic N) is 4. The first-order chi connectivity index (χ1) is 21.2. The topological polar surface area (TPSA) is 159 Å². The Morgan fingerprint density at radius 2 is 1.86 bits per heavy atom. The maximum absolute atomic E-state index is 13.6. The zero-order valence-electron chi connectivity index (χ0n) is 24.9. The van der Waals surface area contributed by atoms with Crippen LogP contribution >= 0.6 is 11.3 Å². The quantitative estimate of drug-likeness (QED) is 0.392. The highest BCUT2D eigenvalue weighted by atomic mass is 32.1. The Morgan fingerprint density at radius 1 is 1.07 bits per heavy atom. The van der Waals surface area contributed by atoms with Gasteiger partial charge in [-0.25, -0.2) is 9.97 Å². The van der Waals surface area contributed by atoms with Crippen LogP contribution in [0, 0.1) is 5.92 Å². The number of thiazole rings is 1. The molecule has 1 fully saturated rings. The van der Waals surface area contributed by atoms with E-state index in [4.69, 9.17) is 9.15 Å². The summed E-state index contributed by atoms with van der Waals surface area (Å²) in [6, 6.07) is 7.82. The Labute approximate surface area is 259 Å². The molecule has 4 heterocycles. The second-order valence-electron chi connectivity index (χ2n) is 11.2. The van der Waals surface area contributed by atoms with Crippen molar-refractivity contribution in [1.82, 2.24) is 35.7 Å². The summed E-state index contributed by atoms with van der Waals surface area (Å²) in [7, 11) is 1.84. The fourth-order valence-corrected chi connectivity index (χ4v) is 6.11. The summed E-state index contributed by atoms with van der Waals surface area (Å²) in [4.78, 5) is 65.6. The second-order valence-corrected chi connectivity index (χ2v) is 12.1. The Bertz CT molecular complexity index is 1480. The summed E-state index contributed by atoms with van der Waals surface area (Å²) < 4.78 is 11.2. The summed E-state index contributed by atoms with van der Waals surface area (Å²) >= 11 is 1.27. The van der Waals surface area contributed by atoms with Crippen LogP contribution in [0.3, 0.4) is 0 Å². The van der Waals surface area contributed by atoms with Gasteiger partial charge in [-0.2, -0.15) is 0 Å². The molecule has 14 heteroatoms. The maximum Gasteiger partial charge on any atom is 0.273 e. The van der Waals surface area contributed by atoms with Crippen LogP contribution in [0.1, 0.15) is 63.4 Å². The monoisotopic (exact) mass is 623 g/mol. The minimum atomic E-state index is -0.682. The molecule has 0 unspecified atom stereocenters. The number of benzene rings is 1. The van der Waals surface area contributed by atoms with Gasteiger partial charge in [0.2, 0.25) is 17.7 Å². The minimum absolute atomic E-state index is 0.0279. The molecule has 2 aliphatic rings. The molecule has 234 valence electrons. The average Bonchev–Trinajstić information content (AvgIpc) is 3.70. The molecule has 2 aromatic heterocycles. The minimum Gasteiger partial charge on any atom is -0.446 e. The van der Waals surface area contributed by atoms with Crippen LogP contribution in [-0.4, -0.2) is 95.9 Å². The number of oxazole rings is 1. The molecule has 0 spiro atoms. The van der Waals surface area contributed by atoms with Crippen LogP contribution in [-0.2, 0) is 20.7 Å². The molecule has 0 aliphatic carbocycles. The van der Waals surface area contributed by atoms with Crippen molar-refractivity contribution in [2.24, 2.45) is 5.92 Å². The van der Waals surface area contributed by atoms with Crippen LogP contribution in [0.15, 0.2) is 46.4 Å². The van der Waals surface area contributed by atoms with E-state index in [0.29, 0.717) is 24.6 Å².